The predicted octanol–water partition coefficient (Wildman–Crippen LogP) is 3.83. The van der Waals surface area contributed by atoms with Crippen LogP contribution in [0.2, 0.25) is 0 Å². The SMILES string of the molecule is COc1ccc(C(=O)NC(C)c2ccc(NC(=O)c3ccc(F)cc3)cc2)cc1S(=O)(=O)N(C)C. The Morgan fingerprint density at radius 3 is 2.09 bits per heavy atom. The molecule has 8 nitrogen and oxygen atoms in total. The molecular weight excluding hydrogens is 473 g/mol. The second-order valence-electron chi connectivity index (χ2n) is 7.93. The minimum Gasteiger partial charge on any atom is -0.495 e. The van der Waals surface area contributed by atoms with Crippen molar-refractivity contribution in [1.29, 1.82) is 0 Å². The lowest BCUT2D eigenvalue weighted by molar-refractivity contribution is 0.0939. The summed E-state index contributed by atoms with van der Waals surface area (Å²) in [7, 11) is 0.337. The first-order valence-corrected chi connectivity index (χ1v) is 12.0. The van der Waals surface area contributed by atoms with E-state index in [1.165, 1.54) is 63.7 Å². The standard InChI is InChI=1S/C25H26FN3O5S/c1-16(17-7-12-21(13-8-17)28-24(30)18-5-10-20(26)11-6-18)27-25(31)19-9-14-22(34-4)23(15-19)35(32,33)29(2)3/h5-16H,1-4H3,(H,27,31)(H,28,30). The molecule has 184 valence electrons. The Hall–Kier alpha value is -3.76. The van der Waals surface area contributed by atoms with E-state index in [0.717, 1.165) is 9.87 Å². The number of hydrogen-bond donors (Lipinski definition) is 2. The van der Waals surface area contributed by atoms with E-state index >= 15 is 0 Å². The second kappa shape index (κ2) is 10.7. The van der Waals surface area contributed by atoms with Crippen molar-refractivity contribution in [2.45, 2.75) is 17.9 Å². The van der Waals surface area contributed by atoms with Gasteiger partial charge in [-0.25, -0.2) is 17.1 Å². The molecule has 0 aromatic heterocycles. The smallest absolute Gasteiger partial charge is 0.255 e. The number of nitrogens with zero attached hydrogens (tertiary/aromatic N) is 1. The maximum atomic E-state index is 13.0. The van der Waals surface area contributed by atoms with E-state index in [9.17, 15) is 22.4 Å². The summed E-state index contributed by atoms with van der Waals surface area (Å²) in [5, 5.41) is 5.57. The van der Waals surface area contributed by atoms with Gasteiger partial charge in [0.05, 0.1) is 13.2 Å². The van der Waals surface area contributed by atoms with Crippen molar-refractivity contribution in [2.24, 2.45) is 0 Å². The highest BCUT2D eigenvalue weighted by molar-refractivity contribution is 7.89. The number of carbonyl (C=O) groups is 2. The number of halogens is 1. The summed E-state index contributed by atoms with van der Waals surface area (Å²) in [6.45, 7) is 1.78. The van der Waals surface area contributed by atoms with Crippen molar-refractivity contribution in [3.63, 3.8) is 0 Å². The molecule has 0 fully saturated rings. The molecule has 0 saturated carbocycles. The van der Waals surface area contributed by atoms with E-state index in [2.05, 4.69) is 10.6 Å². The number of amides is 2. The number of carbonyl (C=O) groups excluding carboxylic acids is 2. The fourth-order valence-corrected chi connectivity index (χ4v) is 4.31. The highest BCUT2D eigenvalue weighted by atomic mass is 32.2. The zero-order chi connectivity index (χ0) is 25.8. The molecule has 2 amide bonds. The Bertz CT molecular complexity index is 1320. The Morgan fingerprint density at radius 2 is 1.51 bits per heavy atom. The Balaban J connectivity index is 1.71. The third-order valence-corrected chi connectivity index (χ3v) is 7.14. The van der Waals surface area contributed by atoms with Crippen LogP contribution in [0.5, 0.6) is 5.75 Å². The van der Waals surface area contributed by atoms with Crippen LogP contribution in [0.1, 0.15) is 39.2 Å². The molecule has 0 aliphatic carbocycles. The largest absolute Gasteiger partial charge is 0.495 e. The molecule has 3 aromatic carbocycles. The zero-order valence-electron chi connectivity index (χ0n) is 19.7. The van der Waals surface area contributed by atoms with Crippen LogP contribution >= 0.6 is 0 Å². The quantitative estimate of drug-likeness (QED) is 0.490. The molecule has 1 atom stereocenters. The van der Waals surface area contributed by atoms with Crippen LogP contribution in [-0.4, -0.2) is 45.7 Å². The topological polar surface area (TPSA) is 105 Å². The minimum atomic E-state index is -3.82. The second-order valence-corrected chi connectivity index (χ2v) is 10.1. The van der Waals surface area contributed by atoms with E-state index in [4.69, 9.17) is 4.74 Å². The van der Waals surface area contributed by atoms with Gasteiger partial charge in [0.2, 0.25) is 10.0 Å². The summed E-state index contributed by atoms with van der Waals surface area (Å²) in [6, 6.07) is 15.9. The number of methoxy groups -OCH3 is 1. The molecule has 10 heteroatoms. The van der Waals surface area contributed by atoms with E-state index in [1.807, 2.05) is 0 Å². The number of sulfonamides is 1. The summed E-state index contributed by atoms with van der Waals surface area (Å²) in [4.78, 5) is 25.0. The minimum absolute atomic E-state index is 0.105. The summed E-state index contributed by atoms with van der Waals surface area (Å²) in [5.74, 6) is -1.11. The molecule has 0 bridgehead atoms. The van der Waals surface area contributed by atoms with Crippen molar-refractivity contribution in [3.8, 4) is 5.75 Å². The van der Waals surface area contributed by atoms with E-state index in [0.29, 0.717) is 11.3 Å². The molecule has 0 radical (unpaired) electrons. The Morgan fingerprint density at radius 1 is 0.914 bits per heavy atom. The van der Waals surface area contributed by atoms with Crippen LogP contribution in [0.15, 0.2) is 71.6 Å². The lowest BCUT2D eigenvalue weighted by Crippen LogP contribution is -2.27. The highest BCUT2D eigenvalue weighted by Gasteiger charge is 2.24. The number of benzene rings is 3. The molecule has 2 N–H and O–H groups in total. The van der Waals surface area contributed by atoms with Gasteiger partial charge in [0.25, 0.3) is 11.8 Å². The number of ether oxygens (including phenoxy) is 1. The number of rotatable bonds is 8. The van der Waals surface area contributed by atoms with Gasteiger partial charge in [-0.05, 0) is 67.1 Å². The lowest BCUT2D eigenvalue weighted by atomic mass is 10.1. The van der Waals surface area contributed by atoms with Gasteiger partial charge >= 0.3 is 0 Å². The fraction of sp³-hybridized carbons (Fsp3) is 0.200. The van der Waals surface area contributed by atoms with Crippen molar-refractivity contribution >= 4 is 27.5 Å². The van der Waals surface area contributed by atoms with Gasteiger partial charge in [0.1, 0.15) is 16.5 Å². The molecule has 0 heterocycles. The van der Waals surface area contributed by atoms with Gasteiger partial charge in [0, 0.05) is 30.9 Å². The molecule has 0 spiro atoms. The van der Waals surface area contributed by atoms with Gasteiger partial charge in [-0.2, -0.15) is 0 Å². The zero-order valence-corrected chi connectivity index (χ0v) is 20.5. The van der Waals surface area contributed by atoms with Gasteiger partial charge in [-0.15, -0.1) is 0 Å². The maximum absolute atomic E-state index is 13.0. The number of nitrogens with one attached hydrogen (secondary N) is 2. The highest BCUT2D eigenvalue weighted by Crippen LogP contribution is 2.27. The van der Waals surface area contributed by atoms with Gasteiger partial charge in [-0.1, -0.05) is 12.1 Å². The van der Waals surface area contributed by atoms with Crippen molar-refractivity contribution < 1.29 is 27.1 Å². The van der Waals surface area contributed by atoms with Crippen LogP contribution in [0.4, 0.5) is 10.1 Å². The summed E-state index contributed by atoms with van der Waals surface area (Å²) in [5.41, 5.74) is 1.80. The summed E-state index contributed by atoms with van der Waals surface area (Å²) < 4.78 is 44.5. The van der Waals surface area contributed by atoms with E-state index in [1.54, 1.807) is 31.2 Å². The average molecular weight is 500 g/mol. The maximum Gasteiger partial charge on any atom is 0.255 e. The summed E-state index contributed by atoms with van der Waals surface area (Å²) in [6.07, 6.45) is 0. The molecule has 35 heavy (non-hydrogen) atoms. The monoisotopic (exact) mass is 499 g/mol. The van der Waals surface area contributed by atoms with Crippen molar-refractivity contribution in [1.82, 2.24) is 9.62 Å². The lowest BCUT2D eigenvalue weighted by Gasteiger charge is -2.17. The molecular formula is C25H26FN3O5S. The van der Waals surface area contributed by atoms with E-state index < -0.39 is 27.8 Å². The average Bonchev–Trinajstić information content (AvgIpc) is 2.84. The van der Waals surface area contributed by atoms with E-state index in [-0.39, 0.29) is 22.1 Å². The third kappa shape index (κ3) is 6.03. The first kappa shape index (κ1) is 25.9. The predicted molar refractivity (Wildman–Crippen MR) is 131 cm³/mol. The van der Waals surface area contributed by atoms with Crippen LogP contribution in [0.3, 0.4) is 0 Å². The Kier molecular flexibility index (Phi) is 7.88. The van der Waals surface area contributed by atoms with Crippen molar-refractivity contribution in [2.75, 3.05) is 26.5 Å². The summed E-state index contributed by atoms with van der Waals surface area (Å²) >= 11 is 0. The third-order valence-electron chi connectivity index (χ3n) is 5.31. The first-order valence-electron chi connectivity index (χ1n) is 10.6. The molecule has 3 aromatic rings. The molecule has 3 rings (SSSR count). The molecule has 1 unspecified atom stereocenters. The van der Waals surface area contributed by atoms with Crippen LogP contribution in [0, 0.1) is 5.82 Å². The normalized spacial score (nSPS) is 12.2. The number of hydrogen-bond acceptors (Lipinski definition) is 5. The van der Waals surface area contributed by atoms with Crippen LogP contribution in [-0.2, 0) is 10.0 Å². The fourth-order valence-electron chi connectivity index (χ4n) is 3.24. The van der Waals surface area contributed by atoms with Crippen molar-refractivity contribution in [3.05, 3.63) is 89.2 Å². The van der Waals surface area contributed by atoms with Gasteiger partial charge in [-0.3, -0.25) is 9.59 Å². The molecule has 0 saturated heterocycles. The Labute approximate surface area is 203 Å². The number of anilines is 1. The molecule has 0 aliphatic rings. The van der Waals surface area contributed by atoms with Gasteiger partial charge in [0.15, 0.2) is 0 Å². The van der Waals surface area contributed by atoms with Crippen LogP contribution < -0.4 is 15.4 Å². The molecule has 0 aliphatic heterocycles. The van der Waals surface area contributed by atoms with Gasteiger partial charge < -0.3 is 15.4 Å². The van der Waals surface area contributed by atoms with Crippen LogP contribution in [0.25, 0.3) is 0 Å². The first-order chi connectivity index (χ1) is 16.5.